The van der Waals surface area contributed by atoms with Crippen LogP contribution in [0.25, 0.3) is 0 Å². The molecule has 2 heterocycles. The van der Waals surface area contributed by atoms with Crippen LogP contribution in [0.1, 0.15) is 32.1 Å². The number of ether oxygens (including phenoxy) is 1. The van der Waals surface area contributed by atoms with Crippen molar-refractivity contribution < 1.29 is 9.53 Å². The molecule has 3 fully saturated rings. The van der Waals surface area contributed by atoms with E-state index in [1.807, 2.05) is 0 Å². The maximum Gasteiger partial charge on any atom is 0.225 e. The van der Waals surface area contributed by atoms with Crippen molar-refractivity contribution in [2.75, 3.05) is 45.9 Å². The van der Waals surface area contributed by atoms with Gasteiger partial charge in [0.05, 0.1) is 6.61 Å². The first kappa shape index (κ1) is 13.4. The van der Waals surface area contributed by atoms with Crippen molar-refractivity contribution in [3.63, 3.8) is 0 Å². The summed E-state index contributed by atoms with van der Waals surface area (Å²) in [7, 11) is 0. The first-order valence-electron chi connectivity index (χ1n) is 7.92. The van der Waals surface area contributed by atoms with E-state index in [9.17, 15) is 4.79 Å². The zero-order valence-corrected chi connectivity index (χ0v) is 11.9. The fourth-order valence-corrected chi connectivity index (χ4v) is 3.38. The molecule has 4 nitrogen and oxygen atoms in total. The first-order chi connectivity index (χ1) is 9.33. The molecule has 1 amide bonds. The lowest BCUT2D eigenvalue weighted by atomic mass is 9.84. The van der Waals surface area contributed by atoms with Crippen molar-refractivity contribution in [2.45, 2.75) is 32.1 Å². The fourth-order valence-electron chi connectivity index (χ4n) is 3.38. The van der Waals surface area contributed by atoms with E-state index in [0.29, 0.717) is 17.7 Å². The number of rotatable bonds is 3. The Bertz CT molecular complexity index is 303. The molecule has 3 rings (SSSR count). The topological polar surface area (TPSA) is 32.8 Å². The highest BCUT2D eigenvalue weighted by molar-refractivity contribution is 5.79. The number of carbonyl (C=O) groups excluding carboxylic acids is 1. The predicted octanol–water partition coefficient (Wildman–Crippen LogP) is 1.36. The maximum atomic E-state index is 12.2. The molecule has 0 aromatic heterocycles. The summed E-state index contributed by atoms with van der Waals surface area (Å²) >= 11 is 0. The van der Waals surface area contributed by atoms with Crippen molar-refractivity contribution in [1.82, 2.24) is 9.80 Å². The number of hydrogen-bond acceptors (Lipinski definition) is 3. The summed E-state index contributed by atoms with van der Waals surface area (Å²) in [5.41, 5.74) is 0. The molecule has 2 aliphatic heterocycles. The second-order valence-electron chi connectivity index (χ2n) is 6.34. The van der Waals surface area contributed by atoms with E-state index >= 15 is 0 Å². The summed E-state index contributed by atoms with van der Waals surface area (Å²) in [5, 5.41) is 0. The fraction of sp³-hybridized carbons (Fsp3) is 0.933. The van der Waals surface area contributed by atoms with Gasteiger partial charge in [0.2, 0.25) is 5.91 Å². The molecule has 3 aliphatic rings. The Labute approximate surface area is 116 Å². The zero-order valence-electron chi connectivity index (χ0n) is 11.9. The molecule has 2 saturated heterocycles. The van der Waals surface area contributed by atoms with E-state index in [2.05, 4.69) is 9.80 Å². The van der Waals surface area contributed by atoms with Crippen LogP contribution in [0.5, 0.6) is 0 Å². The lowest BCUT2D eigenvalue weighted by molar-refractivity contribution is -0.140. The standard InChI is InChI=1S/C15H26N2O2/c18-15(14-4-1-5-14)17-8-6-16(7-9-17)11-13-3-2-10-19-12-13/h13-14H,1-12H2/t13-/m1/s1. The van der Waals surface area contributed by atoms with E-state index in [4.69, 9.17) is 4.74 Å². The van der Waals surface area contributed by atoms with E-state index in [0.717, 1.165) is 58.8 Å². The average molecular weight is 266 g/mol. The van der Waals surface area contributed by atoms with E-state index in [-0.39, 0.29) is 0 Å². The van der Waals surface area contributed by atoms with Crippen LogP contribution in [0, 0.1) is 11.8 Å². The van der Waals surface area contributed by atoms with Gasteiger partial charge in [0.1, 0.15) is 0 Å². The molecule has 0 spiro atoms. The minimum Gasteiger partial charge on any atom is -0.381 e. The van der Waals surface area contributed by atoms with Gasteiger partial charge in [-0.15, -0.1) is 0 Å². The van der Waals surface area contributed by atoms with Gasteiger partial charge in [0.15, 0.2) is 0 Å². The Kier molecular flexibility index (Phi) is 4.38. The summed E-state index contributed by atoms with van der Waals surface area (Å²) in [4.78, 5) is 16.8. The SMILES string of the molecule is O=C(C1CCC1)N1CCN(C[C@H]2CCCOC2)CC1. The first-order valence-corrected chi connectivity index (χ1v) is 7.92. The Morgan fingerprint density at radius 2 is 1.84 bits per heavy atom. The van der Waals surface area contributed by atoms with Crippen LogP contribution in [-0.2, 0) is 9.53 Å². The van der Waals surface area contributed by atoms with Crippen molar-refractivity contribution >= 4 is 5.91 Å². The molecule has 1 saturated carbocycles. The normalized spacial score (nSPS) is 30.1. The predicted molar refractivity (Wildman–Crippen MR) is 73.9 cm³/mol. The summed E-state index contributed by atoms with van der Waals surface area (Å²) < 4.78 is 5.55. The molecule has 1 atom stereocenters. The maximum absolute atomic E-state index is 12.2. The molecule has 0 aromatic carbocycles. The average Bonchev–Trinajstić information content (AvgIpc) is 2.39. The van der Waals surface area contributed by atoms with Crippen LogP contribution >= 0.6 is 0 Å². The van der Waals surface area contributed by atoms with Gasteiger partial charge >= 0.3 is 0 Å². The smallest absolute Gasteiger partial charge is 0.225 e. The number of nitrogens with zero attached hydrogens (tertiary/aromatic N) is 2. The zero-order chi connectivity index (χ0) is 13.1. The van der Waals surface area contributed by atoms with Gasteiger partial charge in [0.25, 0.3) is 0 Å². The molecule has 0 radical (unpaired) electrons. The van der Waals surface area contributed by atoms with Gasteiger partial charge in [-0.1, -0.05) is 6.42 Å². The van der Waals surface area contributed by atoms with E-state index in [1.54, 1.807) is 0 Å². The molecule has 108 valence electrons. The van der Waals surface area contributed by atoms with Crippen LogP contribution in [0.15, 0.2) is 0 Å². The molecule has 1 aliphatic carbocycles. The Morgan fingerprint density at radius 3 is 2.42 bits per heavy atom. The van der Waals surface area contributed by atoms with E-state index < -0.39 is 0 Å². The molecule has 4 heteroatoms. The number of hydrogen-bond donors (Lipinski definition) is 0. The lowest BCUT2D eigenvalue weighted by Crippen LogP contribution is -2.52. The Hall–Kier alpha value is -0.610. The third-order valence-corrected chi connectivity index (χ3v) is 4.91. The monoisotopic (exact) mass is 266 g/mol. The van der Waals surface area contributed by atoms with Crippen molar-refractivity contribution in [2.24, 2.45) is 11.8 Å². The van der Waals surface area contributed by atoms with Crippen LogP contribution in [0.3, 0.4) is 0 Å². The molecular weight excluding hydrogens is 240 g/mol. The quantitative estimate of drug-likeness (QED) is 0.773. The molecular formula is C15H26N2O2. The van der Waals surface area contributed by atoms with Gasteiger partial charge in [0, 0.05) is 45.2 Å². The number of carbonyl (C=O) groups is 1. The van der Waals surface area contributed by atoms with Crippen molar-refractivity contribution in [3.8, 4) is 0 Å². The highest BCUT2D eigenvalue weighted by atomic mass is 16.5. The highest BCUT2D eigenvalue weighted by Gasteiger charge is 2.31. The van der Waals surface area contributed by atoms with Gasteiger partial charge in [-0.05, 0) is 31.6 Å². The molecule has 0 bridgehead atoms. The number of amides is 1. The molecule has 19 heavy (non-hydrogen) atoms. The summed E-state index contributed by atoms with van der Waals surface area (Å²) in [5.74, 6) is 1.49. The minimum absolute atomic E-state index is 0.360. The number of piperazine rings is 1. The van der Waals surface area contributed by atoms with Crippen LogP contribution < -0.4 is 0 Å². The van der Waals surface area contributed by atoms with Gasteiger partial charge in [-0.3, -0.25) is 9.69 Å². The molecule has 0 N–H and O–H groups in total. The highest BCUT2D eigenvalue weighted by Crippen LogP contribution is 2.28. The third kappa shape index (κ3) is 3.29. The van der Waals surface area contributed by atoms with Crippen LogP contribution in [0.4, 0.5) is 0 Å². The summed E-state index contributed by atoms with van der Waals surface area (Å²) in [6.07, 6.45) is 6.01. The second kappa shape index (κ2) is 6.23. The lowest BCUT2D eigenvalue weighted by Gasteiger charge is -2.39. The molecule has 0 unspecified atom stereocenters. The Morgan fingerprint density at radius 1 is 1.05 bits per heavy atom. The van der Waals surface area contributed by atoms with Crippen LogP contribution in [-0.4, -0.2) is 61.6 Å². The molecule has 0 aromatic rings. The van der Waals surface area contributed by atoms with E-state index in [1.165, 1.54) is 19.3 Å². The van der Waals surface area contributed by atoms with Gasteiger partial charge in [-0.25, -0.2) is 0 Å². The van der Waals surface area contributed by atoms with Crippen LogP contribution in [0.2, 0.25) is 0 Å². The summed E-state index contributed by atoms with van der Waals surface area (Å²) in [6.45, 7) is 7.00. The van der Waals surface area contributed by atoms with Crippen molar-refractivity contribution in [1.29, 1.82) is 0 Å². The second-order valence-corrected chi connectivity index (χ2v) is 6.34. The third-order valence-electron chi connectivity index (χ3n) is 4.91. The Balaban J connectivity index is 1.40. The van der Waals surface area contributed by atoms with Gasteiger partial charge < -0.3 is 9.64 Å². The largest absolute Gasteiger partial charge is 0.381 e. The van der Waals surface area contributed by atoms with Crippen molar-refractivity contribution in [3.05, 3.63) is 0 Å². The van der Waals surface area contributed by atoms with Gasteiger partial charge in [-0.2, -0.15) is 0 Å². The summed E-state index contributed by atoms with van der Waals surface area (Å²) in [6, 6.07) is 0. The minimum atomic E-state index is 0.360.